The van der Waals surface area contributed by atoms with Crippen LogP contribution in [0.4, 0.5) is 0 Å². The molecule has 1 aromatic rings. The number of hydrogen-bond acceptors (Lipinski definition) is 6. The number of sulfonamides is 1. The lowest BCUT2D eigenvalue weighted by Crippen LogP contribution is -2.42. The maximum atomic E-state index is 12.9. The first-order chi connectivity index (χ1) is 10.5. The lowest BCUT2D eigenvalue weighted by atomic mass is 10.2. The molecule has 0 bridgehead atoms. The summed E-state index contributed by atoms with van der Waals surface area (Å²) in [5.41, 5.74) is -0.0473. The van der Waals surface area contributed by atoms with Gasteiger partial charge in [-0.25, -0.2) is 13.2 Å². The van der Waals surface area contributed by atoms with Crippen molar-refractivity contribution in [2.45, 2.75) is 37.8 Å². The van der Waals surface area contributed by atoms with Gasteiger partial charge < -0.3 is 10.1 Å². The highest BCUT2D eigenvalue weighted by molar-refractivity contribution is 7.89. The van der Waals surface area contributed by atoms with Gasteiger partial charge in [-0.15, -0.1) is 0 Å². The van der Waals surface area contributed by atoms with E-state index >= 15 is 0 Å². The summed E-state index contributed by atoms with van der Waals surface area (Å²) < 4.78 is 32.2. The number of esters is 1. The maximum absolute atomic E-state index is 12.9. The van der Waals surface area contributed by atoms with Crippen molar-refractivity contribution in [3.63, 3.8) is 0 Å². The zero-order valence-electron chi connectivity index (χ0n) is 12.8. The van der Waals surface area contributed by atoms with E-state index in [9.17, 15) is 13.2 Å². The third-order valence-electron chi connectivity index (χ3n) is 3.55. The molecule has 8 nitrogen and oxygen atoms in total. The molecule has 2 N–H and O–H groups in total. The molecule has 0 aliphatic carbocycles. The number of carbonyl (C=O) groups excluding carboxylic acids is 1. The van der Waals surface area contributed by atoms with Crippen LogP contribution in [0, 0.1) is 0 Å². The quantitative estimate of drug-likeness (QED) is 0.699. The minimum atomic E-state index is -3.82. The van der Waals surface area contributed by atoms with Crippen LogP contribution in [-0.4, -0.2) is 61.2 Å². The van der Waals surface area contributed by atoms with Crippen LogP contribution in [0.25, 0.3) is 0 Å². The first-order valence-electron chi connectivity index (χ1n) is 7.45. The molecule has 0 amide bonds. The van der Waals surface area contributed by atoms with E-state index in [-0.39, 0.29) is 23.2 Å². The summed E-state index contributed by atoms with van der Waals surface area (Å²) in [6, 6.07) is -0.108. The number of carbonyl (C=O) groups is 1. The smallest absolute Gasteiger partial charge is 0.342 e. The molecule has 22 heavy (non-hydrogen) atoms. The lowest BCUT2D eigenvalue weighted by molar-refractivity contribution is 0.0521. The van der Waals surface area contributed by atoms with Crippen molar-refractivity contribution < 1.29 is 17.9 Å². The van der Waals surface area contributed by atoms with Crippen molar-refractivity contribution in [3.05, 3.63) is 11.8 Å². The van der Waals surface area contributed by atoms with Gasteiger partial charge in [-0.3, -0.25) is 5.10 Å². The van der Waals surface area contributed by atoms with Gasteiger partial charge in [-0.2, -0.15) is 9.40 Å². The number of nitrogens with one attached hydrogen (secondary N) is 2. The van der Waals surface area contributed by atoms with Crippen molar-refractivity contribution in [1.82, 2.24) is 19.8 Å². The molecular weight excluding hydrogens is 308 g/mol. The van der Waals surface area contributed by atoms with Gasteiger partial charge in [0.25, 0.3) is 10.0 Å². The number of aromatic nitrogens is 2. The van der Waals surface area contributed by atoms with Crippen molar-refractivity contribution >= 4 is 16.0 Å². The Labute approximate surface area is 130 Å². The molecule has 1 fully saturated rings. The first-order valence-corrected chi connectivity index (χ1v) is 8.89. The van der Waals surface area contributed by atoms with Crippen LogP contribution in [-0.2, 0) is 14.8 Å². The van der Waals surface area contributed by atoms with E-state index in [1.54, 1.807) is 6.92 Å². The number of ether oxygens (including phenoxy) is 1. The largest absolute Gasteiger partial charge is 0.462 e. The van der Waals surface area contributed by atoms with Gasteiger partial charge in [-0.1, -0.05) is 6.92 Å². The van der Waals surface area contributed by atoms with Gasteiger partial charge in [0.1, 0.15) is 5.56 Å². The van der Waals surface area contributed by atoms with E-state index in [1.165, 1.54) is 10.5 Å². The average molecular weight is 330 g/mol. The van der Waals surface area contributed by atoms with Crippen molar-refractivity contribution in [2.24, 2.45) is 0 Å². The summed E-state index contributed by atoms with van der Waals surface area (Å²) in [7, 11) is -3.82. The van der Waals surface area contributed by atoms with Crippen molar-refractivity contribution in [1.29, 1.82) is 0 Å². The summed E-state index contributed by atoms with van der Waals surface area (Å²) in [4.78, 5) is 11.9. The van der Waals surface area contributed by atoms with E-state index < -0.39 is 16.0 Å². The van der Waals surface area contributed by atoms with Crippen LogP contribution < -0.4 is 5.32 Å². The highest BCUT2D eigenvalue weighted by Gasteiger charge is 2.36. The Morgan fingerprint density at radius 2 is 2.27 bits per heavy atom. The Morgan fingerprint density at radius 1 is 1.50 bits per heavy atom. The molecule has 0 spiro atoms. The van der Waals surface area contributed by atoms with Crippen molar-refractivity contribution in [2.75, 3.05) is 26.2 Å². The maximum Gasteiger partial charge on any atom is 0.342 e. The summed E-state index contributed by atoms with van der Waals surface area (Å²) in [5, 5.41) is 9.13. The van der Waals surface area contributed by atoms with E-state index in [1.807, 2.05) is 6.92 Å². The zero-order valence-corrected chi connectivity index (χ0v) is 13.6. The molecule has 1 aliphatic heterocycles. The lowest BCUT2D eigenvalue weighted by Gasteiger charge is -2.26. The fraction of sp³-hybridized carbons (Fsp3) is 0.692. The van der Waals surface area contributed by atoms with Crippen LogP contribution in [0.15, 0.2) is 11.2 Å². The molecule has 0 saturated carbocycles. The standard InChI is InChI=1S/C13H22N4O4S/c1-3-7-17(10-5-6-14-8-10)22(19,20)12-11(9-15-16-12)13(18)21-4-2/h9-10,14H,3-8H2,1-2H3,(H,15,16). The molecule has 1 saturated heterocycles. The fourth-order valence-corrected chi connectivity index (χ4v) is 4.36. The number of H-pyrrole nitrogens is 1. The van der Waals surface area contributed by atoms with E-state index in [2.05, 4.69) is 15.5 Å². The van der Waals surface area contributed by atoms with Crippen LogP contribution in [0.2, 0.25) is 0 Å². The minimum absolute atomic E-state index is 0.0473. The molecule has 0 radical (unpaired) electrons. The molecule has 124 valence electrons. The molecule has 1 aliphatic rings. The van der Waals surface area contributed by atoms with E-state index in [0.717, 1.165) is 13.0 Å². The molecule has 0 aromatic carbocycles. The molecule has 1 unspecified atom stereocenters. The second-order valence-electron chi connectivity index (χ2n) is 5.10. The number of hydrogen-bond donors (Lipinski definition) is 2. The highest BCUT2D eigenvalue weighted by Crippen LogP contribution is 2.23. The third kappa shape index (κ3) is 3.31. The summed E-state index contributed by atoms with van der Waals surface area (Å²) in [6.45, 7) is 5.56. The van der Waals surface area contributed by atoms with Gasteiger partial charge >= 0.3 is 5.97 Å². The molecular formula is C13H22N4O4S. The van der Waals surface area contributed by atoms with Crippen LogP contribution in [0.1, 0.15) is 37.0 Å². The predicted octanol–water partition coefficient (Wildman–Crippen LogP) is 0.349. The SMILES string of the molecule is CCCN(C1CCNC1)S(=O)(=O)c1[nH]ncc1C(=O)OCC. The van der Waals surface area contributed by atoms with Crippen LogP contribution >= 0.6 is 0 Å². The molecule has 1 atom stereocenters. The highest BCUT2D eigenvalue weighted by atomic mass is 32.2. The summed E-state index contributed by atoms with van der Waals surface area (Å²) in [5.74, 6) is -0.684. The van der Waals surface area contributed by atoms with Crippen LogP contribution in [0.5, 0.6) is 0 Å². The monoisotopic (exact) mass is 330 g/mol. The zero-order chi connectivity index (χ0) is 16.2. The second kappa shape index (κ2) is 7.21. The van der Waals surface area contributed by atoms with E-state index in [4.69, 9.17) is 4.74 Å². The Hall–Kier alpha value is -1.45. The predicted molar refractivity (Wildman–Crippen MR) is 80.0 cm³/mol. The molecule has 1 aromatic heterocycles. The minimum Gasteiger partial charge on any atom is -0.462 e. The molecule has 9 heteroatoms. The normalized spacial score (nSPS) is 18.8. The van der Waals surface area contributed by atoms with Gasteiger partial charge in [-0.05, 0) is 26.3 Å². The fourth-order valence-electron chi connectivity index (χ4n) is 2.55. The number of nitrogens with zero attached hydrogens (tertiary/aromatic N) is 2. The third-order valence-corrected chi connectivity index (χ3v) is 5.48. The van der Waals surface area contributed by atoms with Crippen molar-refractivity contribution in [3.8, 4) is 0 Å². The summed E-state index contributed by atoms with van der Waals surface area (Å²) in [6.07, 6.45) is 2.64. The first kappa shape index (κ1) is 16.9. The second-order valence-corrected chi connectivity index (χ2v) is 6.92. The number of aromatic amines is 1. The van der Waals surface area contributed by atoms with Gasteiger partial charge in [0.2, 0.25) is 0 Å². The Bertz CT molecular complexity index is 607. The Kier molecular flexibility index (Phi) is 5.54. The molecule has 2 heterocycles. The Balaban J connectivity index is 2.35. The average Bonchev–Trinajstić information content (AvgIpc) is 3.15. The van der Waals surface area contributed by atoms with Gasteiger partial charge in [0, 0.05) is 19.1 Å². The summed E-state index contributed by atoms with van der Waals surface area (Å²) >= 11 is 0. The topological polar surface area (TPSA) is 104 Å². The number of rotatable bonds is 7. The van der Waals surface area contributed by atoms with Gasteiger partial charge in [0.15, 0.2) is 5.03 Å². The van der Waals surface area contributed by atoms with E-state index in [0.29, 0.717) is 19.5 Å². The van der Waals surface area contributed by atoms with Crippen LogP contribution in [0.3, 0.4) is 0 Å². The Morgan fingerprint density at radius 3 is 2.86 bits per heavy atom. The molecule has 2 rings (SSSR count). The van der Waals surface area contributed by atoms with Gasteiger partial charge in [0.05, 0.1) is 12.8 Å².